The predicted octanol–water partition coefficient (Wildman–Crippen LogP) is 3.13. The van der Waals surface area contributed by atoms with E-state index < -0.39 is 0 Å². The average molecular weight is 335 g/mol. The van der Waals surface area contributed by atoms with E-state index >= 15 is 0 Å². The number of nitrogens with zero attached hydrogens (tertiary/aromatic N) is 1. The normalized spacial score (nSPS) is 12.8. The van der Waals surface area contributed by atoms with Gasteiger partial charge in [-0.25, -0.2) is 18.6 Å². The van der Waals surface area contributed by atoms with Gasteiger partial charge in [-0.2, -0.15) is 0 Å². The number of hydrogen-bond acceptors (Lipinski definition) is 2. The van der Waals surface area contributed by atoms with Crippen LogP contribution in [0.5, 0.6) is 0 Å². The second-order valence-electron chi connectivity index (χ2n) is 1.61. The number of halogens is 1. The van der Waals surface area contributed by atoms with Crippen molar-refractivity contribution in [1.29, 1.82) is 0 Å². The molecule has 0 spiro atoms. The van der Waals surface area contributed by atoms with E-state index in [1.807, 2.05) is 12.2 Å². The molecule has 2 radical (unpaired) electrons. The first-order valence-electron chi connectivity index (χ1n) is 2.80. The molecule has 0 aromatic rings. The third-order valence-corrected chi connectivity index (χ3v) is 3.25. The Labute approximate surface area is 95.4 Å². The summed E-state index contributed by atoms with van der Waals surface area (Å²) in [5.41, 5.74) is 5.75. The molecule has 68 valence electrons. The van der Waals surface area contributed by atoms with E-state index in [9.17, 15) is 0 Å². The molecule has 0 heterocycles. The largest absolute Gasteiger partial charge is 0.577 e. The van der Waals surface area contributed by atoms with Gasteiger partial charge < -0.3 is 10.5 Å². The monoisotopic (exact) mass is 335 g/mol. The van der Waals surface area contributed by atoms with Gasteiger partial charge in [-0.3, -0.25) is 0 Å². The summed E-state index contributed by atoms with van der Waals surface area (Å²) in [5, 5.41) is 0. The van der Waals surface area contributed by atoms with Crippen LogP contribution in [0.2, 0.25) is 0 Å². The van der Waals surface area contributed by atoms with Crippen LogP contribution in [0.3, 0.4) is 0 Å². The number of allylic oxidation sites excluding steroid dienone is 2. The molecule has 0 saturated heterocycles. The minimum absolute atomic E-state index is 0.653. The summed E-state index contributed by atoms with van der Waals surface area (Å²) in [6.07, 6.45) is 8.24. The van der Waals surface area contributed by atoms with Gasteiger partial charge in [0.1, 0.15) is 0 Å². The maximum absolute atomic E-state index is 7.25. The Morgan fingerprint density at radius 3 is 2.33 bits per heavy atom. The molecule has 0 bridgehead atoms. The Kier molecular flexibility index (Phi) is 17.5. The molecular weight excluding hydrogens is 328 g/mol. The zero-order chi connectivity index (χ0) is 9.82. The summed E-state index contributed by atoms with van der Waals surface area (Å²) in [6, 6.07) is 0. The molecule has 2 nitrogen and oxygen atoms in total. The SMILES string of the molecule is C[C]1[CH]C=C[CH-]1.S=[C]=[Mn][I].[N-]=O. The van der Waals surface area contributed by atoms with Gasteiger partial charge in [0.05, 0.1) is 0 Å². The molecular formula is C7H7IMnNOS-2. The summed E-state index contributed by atoms with van der Waals surface area (Å²) in [7, 11) is 0. The van der Waals surface area contributed by atoms with Crippen LogP contribution in [-0.2, 0) is 11.3 Å². The van der Waals surface area contributed by atoms with Gasteiger partial charge in [0.15, 0.2) is 0 Å². The zero-order valence-corrected chi connectivity index (χ0v) is 10.5. The van der Waals surface area contributed by atoms with E-state index in [4.69, 9.17) is 10.5 Å². The predicted molar refractivity (Wildman–Crippen MR) is 60.0 cm³/mol. The molecule has 0 saturated carbocycles. The van der Waals surface area contributed by atoms with Gasteiger partial charge in [-0.1, -0.05) is 12.8 Å². The fraction of sp³-hybridized carbons (Fsp3) is 0.143. The number of thiocarbonyl (C=S) groups is 1. The Morgan fingerprint density at radius 2 is 2.25 bits per heavy atom. The van der Waals surface area contributed by atoms with E-state index in [-0.39, 0.29) is 0 Å². The van der Waals surface area contributed by atoms with Crippen molar-refractivity contribution in [2.45, 2.75) is 6.92 Å². The fourth-order valence-corrected chi connectivity index (χ4v) is 0.470. The van der Waals surface area contributed by atoms with Crippen LogP contribution in [0.15, 0.2) is 12.2 Å². The number of nitroso groups, excluding NO2 is 1. The smallest absolute Gasteiger partial charge is 0.423 e. The summed E-state index contributed by atoms with van der Waals surface area (Å²) in [4.78, 5) is 7.25. The quantitative estimate of drug-likeness (QED) is 0.295. The first-order valence-corrected chi connectivity index (χ1v) is 7.60. The molecule has 0 fully saturated rings. The summed E-state index contributed by atoms with van der Waals surface area (Å²) < 4.78 is 2.53. The van der Waals surface area contributed by atoms with Crippen molar-refractivity contribution >= 4 is 36.4 Å². The maximum atomic E-state index is 7.25. The van der Waals surface area contributed by atoms with Crippen LogP contribution in [0.25, 0.3) is 5.59 Å². The van der Waals surface area contributed by atoms with E-state index in [1.165, 1.54) is 5.92 Å². The van der Waals surface area contributed by atoms with Crippen LogP contribution >= 0.6 is 32.6 Å². The molecule has 1 aliphatic rings. The molecule has 0 aliphatic heterocycles. The first-order chi connectivity index (χ1) is 5.81. The van der Waals surface area contributed by atoms with Crippen molar-refractivity contribution in [3.63, 3.8) is 0 Å². The van der Waals surface area contributed by atoms with Crippen LogP contribution in [0.4, 0.5) is 0 Å². The first kappa shape index (κ1) is 15.0. The molecule has 1 aliphatic carbocycles. The molecule has 0 atom stereocenters. The summed E-state index contributed by atoms with van der Waals surface area (Å²) in [6.45, 7) is 2.08. The minimum Gasteiger partial charge on any atom is -0.577 e. The van der Waals surface area contributed by atoms with Gasteiger partial charge in [-0.15, -0.1) is 6.42 Å². The van der Waals surface area contributed by atoms with Gasteiger partial charge >= 0.3 is 47.7 Å². The summed E-state index contributed by atoms with van der Waals surface area (Å²) >= 11 is 7.13. The van der Waals surface area contributed by atoms with E-state index in [0.717, 1.165) is 0 Å². The Morgan fingerprint density at radius 1 is 1.75 bits per heavy atom. The molecule has 0 unspecified atom stereocenters. The third-order valence-electron chi connectivity index (χ3n) is 0.859. The van der Waals surface area contributed by atoms with Crippen LogP contribution in [0, 0.1) is 23.7 Å². The second kappa shape index (κ2) is 14.0. The zero-order valence-electron chi connectivity index (χ0n) is 6.33. The van der Waals surface area contributed by atoms with Crippen LogP contribution in [0.1, 0.15) is 6.92 Å². The molecule has 0 N–H and O–H groups in total. The standard InChI is InChI=1S/C6H7.CS.HI.Mn.NO/c1-6-4-2-3-5-6;1-2;;;1-2/h2-5H,1H3;;1H;;/q-1;;;+1;-1/p-1. The van der Waals surface area contributed by atoms with Crippen molar-refractivity contribution in [2.75, 3.05) is 0 Å². The van der Waals surface area contributed by atoms with Crippen molar-refractivity contribution < 1.29 is 11.3 Å². The second-order valence-corrected chi connectivity index (χ2v) is 4.39. The minimum atomic E-state index is 0.653. The number of hydrogen-bond donors (Lipinski definition) is 0. The number of rotatable bonds is 0. The van der Waals surface area contributed by atoms with Gasteiger partial charge in [0, 0.05) is 0 Å². The van der Waals surface area contributed by atoms with Gasteiger partial charge in [0.2, 0.25) is 0 Å². The Hall–Kier alpha value is 0.459. The van der Waals surface area contributed by atoms with E-state index in [1.54, 1.807) is 0 Å². The molecule has 0 aromatic carbocycles. The van der Waals surface area contributed by atoms with E-state index in [0.29, 0.717) is 11.3 Å². The van der Waals surface area contributed by atoms with E-state index in [2.05, 4.69) is 56.2 Å². The fourth-order valence-electron chi connectivity index (χ4n) is 0.470. The molecule has 5 heteroatoms. The maximum Gasteiger partial charge on any atom is -0.423 e. The Balaban J connectivity index is 0. The average Bonchev–Trinajstić information content (AvgIpc) is 2.60. The van der Waals surface area contributed by atoms with Crippen molar-refractivity contribution in [3.8, 4) is 0 Å². The van der Waals surface area contributed by atoms with Crippen LogP contribution < -0.4 is 0 Å². The molecule has 12 heavy (non-hydrogen) atoms. The molecule has 0 aromatic heterocycles. The Bertz CT molecular complexity index is 163. The van der Waals surface area contributed by atoms with Crippen molar-refractivity contribution in [2.24, 2.45) is 0 Å². The van der Waals surface area contributed by atoms with Crippen molar-refractivity contribution in [1.82, 2.24) is 0 Å². The topological polar surface area (TPSA) is 39.4 Å². The summed E-state index contributed by atoms with van der Waals surface area (Å²) in [5.74, 6) is 1.34. The third kappa shape index (κ3) is 13.1. The van der Waals surface area contributed by atoms with Gasteiger partial charge in [-0.05, 0) is 0 Å². The van der Waals surface area contributed by atoms with Crippen molar-refractivity contribution in [3.05, 3.63) is 41.4 Å². The van der Waals surface area contributed by atoms with Gasteiger partial charge in [0.25, 0.3) is 0 Å². The van der Waals surface area contributed by atoms with Crippen LogP contribution in [-0.4, -0.2) is 3.87 Å². The molecule has 1 rings (SSSR count). The molecule has 0 amide bonds.